The third-order valence-corrected chi connectivity index (χ3v) is 2.78. The lowest BCUT2D eigenvalue weighted by atomic mass is 10.2. The molecule has 0 unspecified atom stereocenters. The maximum absolute atomic E-state index is 5.39. The van der Waals surface area contributed by atoms with Gasteiger partial charge in [0.15, 0.2) is 0 Å². The van der Waals surface area contributed by atoms with Gasteiger partial charge in [-0.2, -0.15) is 0 Å². The summed E-state index contributed by atoms with van der Waals surface area (Å²) in [7, 11) is -0.705. The minimum Gasteiger partial charge on any atom is -0.399 e. The van der Waals surface area contributed by atoms with E-state index in [1.165, 1.54) is 5.56 Å². The van der Waals surface area contributed by atoms with E-state index >= 15 is 0 Å². The van der Waals surface area contributed by atoms with Gasteiger partial charge in [-0.15, -0.1) is 0 Å². The summed E-state index contributed by atoms with van der Waals surface area (Å²) < 4.78 is 10.6. The number of hydrogen-bond acceptors (Lipinski definition) is 2. The second-order valence-corrected chi connectivity index (χ2v) is 3.81. The van der Waals surface area contributed by atoms with Crippen molar-refractivity contribution >= 4 is 10.0 Å². The van der Waals surface area contributed by atoms with Crippen LogP contribution in [-0.4, -0.2) is 23.2 Å². The maximum Gasteiger partial charge on any atom is 0.304 e. The van der Waals surface area contributed by atoms with Crippen LogP contribution in [0.5, 0.6) is 0 Å². The lowest BCUT2D eigenvalue weighted by Crippen LogP contribution is -2.07. The molecule has 0 N–H and O–H groups in total. The first-order valence-electron chi connectivity index (χ1n) is 4.63. The summed E-state index contributed by atoms with van der Waals surface area (Å²) in [5, 5.41) is 0. The smallest absolute Gasteiger partial charge is 0.304 e. The van der Waals surface area contributed by atoms with Gasteiger partial charge in [-0.1, -0.05) is 30.3 Å². The molecule has 1 aromatic rings. The zero-order valence-electron chi connectivity index (χ0n) is 8.03. The number of benzene rings is 1. The van der Waals surface area contributed by atoms with Gasteiger partial charge in [0.1, 0.15) is 0 Å². The van der Waals surface area contributed by atoms with Crippen LogP contribution < -0.4 is 0 Å². The van der Waals surface area contributed by atoms with E-state index in [2.05, 4.69) is 24.3 Å². The molecule has 72 valence electrons. The first kappa shape index (κ1) is 10.4. The van der Waals surface area contributed by atoms with Gasteiger partial charge in [-0.3, -0.25) is 0 Å². The monoisotopic (exact) mass is 196 g/mol. The molecule has 1 rings (SSSR count). The molecule has 0 atom stereocenters. The van der Waals surface area contributed by atoms with Crippen molar-refractivity contribution < 1.29 is 8.85 Å². The Morgan fingerprint density at radius 3 is 2.62 bits per heavy atom. The van der Waals surface area contributed by atoms with Gasteiger partial charge in [-0.05, 0) is 18.9 Å². The Morgan fingerprint density at radius 1 is 1.15 bits per heavy atom. The summed E-state index contributed by atoms with van der Waals surface area (Å²) in [6.45, 7) is 3.56. The Bertz CT molecular complexity index is 213. The van der Waals surface area contributed by atoms with E-state index in [-0.39, 0.29) is 0 Å². The molecule has 0 aromatic heterocycles. The summed E-state index contributed by atoms with van der Waals surface area (Å²) in [6, 6.07) is 10.4. The number of hydrogen-bond donors (Lipinski definition) is 0. The highest BCUT2D eigenvalue weighted by atomic mass is 28.3. The van der Waals surface area contributed by atoms with Crippen molar-refractivity contribution in [1.82, 2.24) is 0 Å². The molecule has 2 nitrogen and oxygen atoms in total. The second kappa shape index (κ2) is 6.83. The van der Waals surface area contributed by atoms with Crippen LogP contribution in [-0.2, 0) is 15.3 Å². The molecule has 1 aromatic carbocycles. The van der Waals surface area contributed by atoms with Crippen molar-refractivity contribution in [3.8, 4) is 0 Å². The molecule has 3 heteroatoms. The molecule has 0 aliphatic carbocycles. The molecule has 0 aliphatic rings. The fourth-order valence-electron chi connectivity index (χ4n) is 1.04. The van der Waals surface area contributed by atoms with Crippen molar-refractivity contribution in [3.05, 3.63) is 35.9 Å². The molecule has 0 radical (unpaired) electrons. The fourth-order valence-corrected chi connectivity index (χ4v) is 1.58. The van der Waals surface area contributed by atoms with E-state index in [9.17, 15) is 0 Å². The van der Waals surface area contributed by atoms with E-state index in [0.717, 1.165) is 19.6 Å². The topological polar surface area (TPSA) is 18.5 Å². The van der Waals surface area contributed by atoms with Gasteiger partial charge in [0.05, 0.1) is 0 Å². The maximum atomic E-state index is 5.39. The Kier molecular flexibility index (Phi) is 5.48. The molecule has 0 saturated carbocycles. The van der Waals surface area contributed by atoms with Crippen molar-refractivity contribution in [1.29, 1.82) is 0 Å². The zero-order chi connectivity index (χ0) is 9.36. The summed E-state index contributed by atoms with van der Waals surface area (Å²) in [6.07, 6.45) is 0.987. The first-order valence-corrected chi connectivity index (χ1v) is 5.78. The van der Waals surface area contributed by atoms with Crippen molar-refractivity contribution in [2.24, 2.45) is 0 Å². The summed E-state index contributed by atoms with van der Waals surface area (Å²) >= 11 is 0. The average molecular weight is 196 g/mol. The van der Waals surface area contributed by atoms with Crippen LogP contribution in [0.1, 0.15) is 12.5 Å². The predicted molar refractivity (Wildman–Crippen MR) is 56.3 cm³/mol. The Balaban J connectivity index is 2.07. The van der Waals surface area contributed by atoms with Crippen LogP contribution >= 0.6 is 0 Å². The normalized spacial score (nSPS) is 11.2. The van der Waals surface area contributed by atoms with Gasteiger partial charge < -0.3 is 8.85 Å². The zero-order valence-corrected chi connectivity index (χ0v) is 9.45. The number of rotatable bonds is 6. The van der Waals surface area contributed by atoms with E-state index in [1.54, 1.807) is 0 Å². The van der Waals surface area contributed by atoms with Crippen molar-refractivity contribution in [2.75, 3.05) is 13.2 Å². The second-order valence-electron chi connectivity index (χ2n) is 2.75. The standard InChI is InChI=1S/C10H16O2Si/c1-2-11-13-12-9-8-10-6-4-3-5-7-10/h3-7H,2,8-9,13H2,1H3. The highest BCUT2D eigenvalue weighted by Gasteiger charge is 1.91. The van der Waals surface area contributed by atoms with E-state index in [0.29, 0.717) is 0 Å². The van der Waals surface area contributed by atoms with E-state index < -0.39 is 10.0 Å². The third-order valence-electron chi connectivity index (χ3n) is 1.75. The van der Waals surface area contributed by atoms with Gasteiger partial charge in [0.25, 0.3) is 0 Å². The van der Waals surface area contributed by atoms with Crippen LogP contribution in [0.3, 0.4) is 0 Å². The van der Waals surface area contributed by atoms with Gasteiger partial charge in [-0.25, -0.2) is 0 Å². The lowest BCUT2D eigenvalue weighted by molar-refractivity contribution is 0.233. The summed E-state index contributed by atoms with van der Waals surface area (Å²) in [4.78, 5) is 0. The molecule has 0 heterocycles. The third kappa shape index (κ3) is 4.82. The molecular weight excluding hydrogens is 180 g/mol. The molecule has 0 fully saturated rings. The molecule has 13 heavy (non-hydrogen) atoms. The molecule has 0 bridgehead atoms. The SMILES string of the molecule is CCO[SiH2]OCCc1ccccc1. The quantitative estimate of drug-likeness (QED) is 0.504. The Hall–Kier alpha value is -0.643. The lowest BCUT2D eigenvalue weighted by Gasteiger charge is -2.03. The van der Waals surface area contributed by atoms with Gasteiger partial charge in [0.2, 0.25) is 0 Å². The van der Waals surface area contributed by atoms with Crippen LogP contribution in [0.4, 0.5) is 0 Å². The molecular formula is C10H16O2Si. The molecule has 0 aliphatic heterocycles. The minimum absolute atomic E-state index is 0.705. The Labute approximate surface area is 81.9 Å². The van der Waals surface area contributed by atoms with Crippen molar-refractivity contribution in [3.63, 3.8) is 0 Å². The highest BCUT2D eigenvalue weighted by Crippen LogP contribution is 1.98. The van der Waals surface area contributed by atoms with Crippen LogP contribution in [0.25, 0.3) is 0 Å². The minimum atomic E-state index is -0.705. The van der Waals surface area contributed by atoms with Crippen LogP contribution in [0, 0.1) is 0 Å². The first-order chi connectivity index (χ1) is 6.43. The Morgan fingerprint density at radius 2 is 1.92 bits per heavy atom. The fraction of sp³-hybridized carbons (Fsp3) is 0.400. The van der Waals surface area contributed by atoms with E-state index in [1.807, 2.05) is 13.0 Å². The largest absolute Gasteiger partial charge is 0.399 e. The van der Waals surface area contributed by atoms with Crippen LogP contribution in [0.15, 0.2) is 30.3 Å². The van der Waals surface area contributed by atoms with Crippen molar-refractivity contribution in [2.45, 2.75) is 13.3 Å². The molecule has 0 saturated heterocycles. The van der Waals surface area contributed by atoms with Crippen LogP contribution in [0.2, 0.25) is 0 Å². The average Bonchev–Trinajstić information content (AvgIpc) is 2.19. The molecule has 0 spiro atoms. The summed E-state index contributed by atoms with van der Waals surface area (Å²) in [5.74, 6) is 0. The van der Waals surface area contributed by atoms with E-state index in [4.69, 9.17) is 8.85 Å². The summed E-state index contributed by atoms with van der Waals surface area (Å²) in [5.41, 5.74) is 1.33. The predicted octanol–water partition coefficient (Wildman–Crippen LogP) is 1.28. The van der Waals surface area contributed by atoms with Gasteiger partial charge in [0, 0.05) is 13.2 Å². The highest BCUT2D eigenvalue weighted by molar-refractivity contribution is 6.17. The molecule has 0 amide bonds. The van der Waals surface area contributed by atoms with Gasteiger partial charge >= 0.3 is 10.0 Å².